The van der Waals surface area contributed by atoms with Gasteiger partial charge in [0.05, 0.1) is 11.7 Å². The van der Waals surface area contributed by atoms with Gasteiger partial charge in [-0.2, -0.15) is 0 Å². The van der Waals surface area contributed by atoms with Gasteiger partial charge in [-0.1, -0.05) is 35.9 Å². The van der Waals surface area contributed by atoms with Gasteiger partial charge in [-0.3, -0.25) is 4.79 Å². The van der Waals surface area contributed by atoms with Gasteiger partial charge in [-0.25, -0.2) is 4.79 Å². The zero-order chi connectivity index (χ0) is 21.4. The lowest BCUT2D eigenvalue weighted by Crippen LogP contribution is -2.36. The number of benzene rings is 1. The number of ether oxygens (including phenoxy) is 1. The third-order valence-corrected chi connectivity index (χ3v) is 6.93. The summed E-state index contributed by atoms with van der Waals surface area (Å²) in [5.74, 6) is -0.750. The highest BCUT2D eigenvalue weighted by atomic mass is 35.5. The van der Waals surface area contributed by atoms with Crippen molar-refractivity contribution in [3.05, 3.63) is 79.8 Å². The summed E-state index contributed by atoms with van der Waals surface area (Å²) in [6.45, 7) is 5.50. The van der Waals surface area contributed by atoms with Crippen molar-refractivity contribution in [3.8, 4) is 0 Å². The summed E-state index contributed by atoms with van der Waals surface area (Å²) in [5, 5.41) is 5.93. The summed E-state index contributed by atoms with van der Waals surface area (Å²) in [4.78, 5) is 27.7. The van der Waals surface area contributed by atoms with E-state index in [1.165, 1.54) is 4.88 Å². The number of allylic oxidation sites excluding steroid dienone is 3. The molecule has 0 spiro atoms. The Bertz CT molecular complexity index is 1050. The van der Waals surface area contributed by atoms with Gasteiger partial charge in [-0.15, -0.1) is 11.3 Å². The van der Waals surface area contributed by atoms with E-state index in [1.54, 1.807) is 17.4 Å². The van der Waals surface area contributed by atoms with Crippen LogP contribution in [0.25, 0.3) is 0 Å². The van der Waals surface area contributed by atoms with Gasteiger partial charge < -0.3 is 10.1 Å². The highest BCUT2D eigenvalue weighted by Gasteiger charge is 2.42. The average Bonchev–Trinajstić information content (AvgIpc) is 3.21. The highest BCUT2D eigenvalue weighted by Crippen LogP contribution is 2.47. The van der Waals surface area contributed by atoms with Gasteiger partial charge in [0.15, 0.2) is 5.78 Å². The van der Waals surface area contributed by atoms with Crippen molar-refractivity contribution < 1.29 is 14.3 Å². The predicted octanol–water partition coefficient (Wildman–Crippen LogP) is 5.71. The fraction of sp³-hybridized carbons (Fsp3) is 0.333. The first-order chi connectivity index (χ1) is 14.4. The molecule has 2 aliphatic rings. The quantitative estimate of drug-likeness (QED) is 0.617. The number of rotatable bonds is 4. The Labute approximate surface area is 185 Å². The van der Waals surface area contributed by atoms with Gasteiger partial charge in [0.25, 0.3) is 0 Å². The molecule has 0 saturated carbocycles. The summed E-state index contributed by atoms with van der Waals surface area (Å²) in [6.07, 6.45) is 0.894. The lowest BCUT2D eigenvalue weighted by atomic mass is 9.72. The van der Waals surface area contributed by atoms with Crippen LogP contribution >= 0.6 is 22.9 Å². The van der Waals surface area contributed by atoms with Gasteiger partial charge in [0.1, 0.15) is 0 Å². The molecule has 2 atom stereocenters. The van der Waals surface area contributed by atoms with E-state index in [0.717, 1.165) is 17.7 Å². The van der Waals surface area contributed by atoms with Crippen molar-refractivity contribution in [1.29, 1.82) is 0 Å². The van der Waals surface area contributed by atoms with Crippen LogP contribution in [0, 0.1) is 0 Å². The molecule has 30 heavy (non-hydrogen) atoms. The molecule has 156 valence electrons. The van der Waals surface area contributed by atoms with Crippen LogP contribution in [0.3, 0.4) is 0 Å². The van der Waals surface area contributed by atoms with Crippen molar-refractivity contribution in [2.24, 2.45) is 0 Å². The van der Waals surface area contributed by atoms with Crippen molar-refractivity contribution in [1.82, 2.24) is 5.32 Å². The number of hydrogen-bond acceptors (Lipinski definition) is 5. The van der Waals surface area contributed by atoms with E-state index in [-0.39, 0.29) is 17.8 Å². The topological polar surface area (TPSA) is 55.4 Å². The van der Waals surface area contributed by atoms with Crippen molar-refractivity contribution in [3.63, 3.8) is 0 Å². The minimum atomic E-state index is -0.530. The maximum Gasteiger partial charge on any atom is 0.337 e. The second-order valence-electron chi connectivity index (χ2n) is 8.01. The minimum absolute atomic E-state index is 0.0504. The molecule has 1 aliphatic carbocycles. The van der Waals surface area contributed by atoms with E-state index in [9.17, 15) is 9.59 Å². The van der Waals surface area contributed by atoms with Crippen LogP contribution in [0.15, 0.2) is 64.3 Å². The predicted molar refractivity (Wildman–Crippen MR) is 120 cm³/mol. The second kappa shape index (κ2) is 8.40. The van der Waals surface area contributed by atoms with E-state index in [4.69, 9.17) is 16.3 Å². The van der Waals surface area contributed by atoms with Gasteiger partial charge in [0, 0.05) is 45.1 Å². The van der Waals surface area contributed by atoms with Gasteiger partial charge in [0.2, 0.25) is 0 Å². The summed E-state index contributed by atoms with van der Waals surface area (Å²) >= 11 is 8.22. The Hall–Kier alpha value is -2.37. The number of ketones is 1. The van der Waals surface area contributed by atoms with Crippen LogP contribution in [0.4, 0.5) is 0 Å². The number of carbonyl (C=O) groups excluding carboxylic acids is 2. The monoisotopic (exact) mass is 441 g/mol. The Morgan fingerprint density at radius 2 is 1.97 bits per heavy atom. The van der Waals surface area contributed by atoms with Crippen LogP contribution in [0.2, 0.25) is 5.02 Å². The number of carbonyl (C=O) groups is 2. The first-order valence-electron chi connectivity index (χ1n) is 10.1. The fourth-order valence-electron chi connectivity index (χ4n) is 4.33. The number of Topliss-reactive ketones (excluding diaryl/α,β-unsaturated/α-hetero) is 1. The minimum Gasteiger partial charge on any atom is -0.460 e. The molecule has 0 fully saturated rings. The Kier molecular flexibility index (Phi) is 5.85. The molecule has 0 amide bonds. The van der Waals surface area contributed by atoms with E-state index in [2.05, 4.69) is 11.4 Å². The number of halogens is 1. The molecule has 1 N–H and O–H groups in total. The van der Waals surface area contributed by atoms with E-state index in [1.807, 2.05) is 50.4 Å². The number of esters is 1. The number of thiophene rings is 1. The lowest BCUT2D eigenvalue weighted by Gasteiger charge is -2.36. The standard InChI is InChI=1S/C24H24ClNO3S/c1-13(2)29-24(28)21-14(3)26-18-11-15(20-9-6-10-30-20)12-19(27)23(18)22(21)16-7-4-5-8-17(16)25/h4-10,13,15,22,26H,11-12H2,1-3H3/t15-,22+/m0/s1. The number of nitrogens with one attached hydrogen (secondary N) is 1. The van der Waals surface area contributed by atoms with Crippen molar-refractivity contribution >= 4 is 34.7 Å². The third kappa shape index (κ3) is 3.84. The lowest BCUT2D eigenvalue weighted by molar-refractivity contribution is -0.143. The number of hydrogen-bond donors (Lipinski definition) is 1. The van der Waals surface area contributed by atoms with Crippen LogP contribution in [-0.2, 0) is 14.3 Å². The summed E-state index contributed by atoms with van der Waals surface area (Å²) in [5.41, 5.74) is 3.44. The summed E-state index contributed by atoms with van der Waals surface area (Å²) in [7, 11) is 0. The van der Waals surface area contributed by atoms with Crippen LogP contribution in [0.1, 0.15) is 55.9 Å². The van der Waals surface area contributed by atoms with Crippen LogP contribution in [0.5, 0.6) is 0 Å². The SMILES string of the molecule is CC1=C(C(=O)OC(C)C)[C@@H](c2ccccc2Cl)C2=C(C[C@H](c3cccs3)CC2=O)N1. The molecule has 2 aromatic rings. The average molecular weight is 442 g/mol. The molecule has 6 heteroatoms. The van der Waals surface area contributed by atoms with Gasteiger partial charge in [-0.05, 0) is 50.3 Å². The van der Waals surface area contributed by atoms with E-state index >= 15 is 0 Å². The Morgan fingerprint density at radius 1 is 1.20 bits per heavy atom. The zero-order valence-corrected chi connectivity index (χ0v) is 18.8. The Balaban J connectivity index is 1.83. The maximum atomic E-state index is 13.4. The highest BCUT2D eigenvalue weighted by molar-refractivity contribution is 7.10. The molecule has 0 bridgehead atoms. The molecule has 4 rings (SSSR count). The maximum absolute atomic E-state index is 13.4. The number of dihydropyridines is 1. The Morgan fingerprint density at radius 3 is 2.63 bits per heavy atom. The van der Waals surface area contributed by atoms with Gasteiger partial charge >= 0.3 is 5.97 Å². The molecule has 4 nitrogen and oxygen atoms in total. The molecule has 0 radical (unpaired) electrons. The first kappa shape index (κ1) is 20.9. The fourth-order valence-corrected chi connectivity index (χ4v) is 5.41. The van der Waals surface area contributed by atoms with E-state index in [0.29, 0.717) is 28.3 Å². The van der Waals surface area contributed by atoms with Crippen LogP contribution in [-0.4, -0.2) is 17.9 Å². The molecule has 0 saturated heterocycles. The molecule has 1 aromatic heterocycles. The first-order valence-corrected chi connectivity index (χ1v) is 11.4. The molecule has 1 aromatic carbocycles. The summed E-state index contributed by atoms with van der Waals surface area (Å²) < 4.78 is 5.53. The zero-order valence-electron chi connectivity index (χ0n) is 17.2. The molecular weight excluding hydrogens is 418 g/mol. The molecular formula is C24H24ClNO3S. The molecule has 0 unspecified atom stereocenters. The third-order valence-electron chi connectivity index (χ3n) is 5.55. The van der Waals surface area contributed by atoms with Crippen molar-refractivity contribution in [2.45, 2.75) is 51.6 Å². The van der Waals surface area contributed by atoms with E-state index < -0.39 is 11.9 Å². The smallest absolute Gasteiger partial charge is 0.337 e. The summed E-state index contributed by atoms with van der Waals surface area (Å²) in [6, 6.07) is 11.5. The van der Waals surface area contributed by atoms with Crippen molar-refractivity contribution in [2.75, 3.05) is 0 Å². The molecule has 1 aliphatic heterocycles. The molecule has 2 heterocycles. The van der Waals surface area contributed by atoms with Crippen LogP contribution < -0.4 is 5.32 Å². The second-order valence-corrected chi connectivity index (χ2v) is 9.39. The normalized spacial score (nSPS) is 21.6. The largest absolute Gasteiger partial charge is 0.460 e.